The Morgan fingerprint density at radius 1 is 1.06 bits per heavy atom. The fourth-order valence-corrected chi connectivity index (χ4v) is 5.83. The molecule has 0 aromatic heterocycles. The second kappa shape index (κ2) is 7.52. The maximum Gasteiger partial charge on any atom is 0.411 e. The first-order valence-corrected chi connectivity index (χ1v) is 11.5. The van der Waals surface area contributed by atoms with Crippen molar-refractivity contribution < 1.29 is 27.5 Å². The van der Waals surface area contributed by atoms with Crippen LogP contribution in [0.15, 0.2) is 36.4 Å². The number of anilines is 3. The number of hydrogen-bond donors (Lipinski definition) is 1. The molecule has 2 aliphatic heterocycles. The zero-order chi connectivity index (χ0) is 22.5. The molecule has 2 aromatic carbocycles. The summed E-state index contributed by atoms with van der Waals surface area (Å²) in [6.45, 7) is 3.55. The van der Waals surface area contributed by atoms with Crippen LogP contribution in [0.2, 0.25) is 0 Å². The largest absolute Gasteiger partial charge is 0.465 e. The van der Waals surface area contributed by atoms with Crippen LogP contribution in [-0.2, 0) is 14.8 Å². The van der Waals surface area contributed by atoms with E-state index in [1.165, 1.54) is 24.0 Å². The summed E-state index contributed by atoms with van der Waals surface area (Å²) in [5, 5.41) is 9.64. The molecule has 0 bridgehead atoms. The molecular weight excluding hydrogens is 425 g/mol. The van der Waals surface area contributed by atoms with E-state index < -0.39 is 21.9 Å². The quantitative estimate of drug-likeness (QED) is 0.762. The maximum atomic E-state index is 14.8. The summed E-state index contributed by atoms with van der Waals surface area (Å²) in [5.74, 6) is -0.877. The Hall–Kier alpha value is -3.14. The average Bonchev–Trinajstić information content (AvgIpc) is 3.05. The van der Waals surface area contributed by atoms with Crippen molar-refractivity contribution in [2.45, 2.75) is 26.3 Å². The van der Waals surface area contributed by atoms with Gasteiger partial charge >= 0.3 is 6.09 Å². The van der Waals surface area contributed by atoms with Crippen molar-refractivity contribution in [3.63, 3.8) is 0 Å². The number of fused-ring (bicyclic) bond motifs is 1. The minimum absolute atomic E-state index is 0.00273. The predicted molar refractivity (Wildman–Crippen MR) is 116 cm³/mol. The van der Waals surface area contributed by atoms with Crippen LogP contribution in [0, 0.1) is 5.82 Å². The first kappa shape index (κ1) is 21.1. The normalized spacial score (nSPS) is 20.0. The first-order chi connectivity index (χ1) is 14.6. The van der Waals surface area contributed by atoms with Gasteiger partial charge in [0, 0.05) is 20.0 Å². The molecular formula is C21H22FN3O5S. The van der Waals surface area contributed by atoms with Crippen LogP contribution in [0.3, 0.4) is 0 Å². The molecule has 2 heterocycles. The van der Waals surface area contributed by atoms with Crippen molar-refractivity contribution in [2.75, 3.05) is 32.9 Å². The summed E-state index contributed by atoms with van der Waals surface area (Å²) < 4.78 is 40.1. The molecule has 1 saturated heterocycles. The number of nitrogens with zero attached hydrogens (tertiary/aromatic N) is 3. The average molecular weight is 447 g/mol. The van der Waals surface area contributed by atoms with Gasteiger partial charge in [0.05, 0.1) is 28.9 Å². The van der Waals surface area contributed by atoms with Crippen LogP contribution in [0.1, 0.15) is 20.3 Å². The summed E-state index contributed by atoms with van der Waals surface area (Å²) in [7, 11) is -3.50. The molecule has 31 heavy (non-hydrogen) atoms. The highest BCUT2D eigenvalue weighted by Crippen LogP contribution is 2.39. The molecule has 4 rings (SSSR count). The van der Waals surface area contributed by atoms with Gasteiger partial charge in [-0.25, -0.2) is 17.6 Å². The highest BCUT2D eigenvalue weighted by molar-refractivity contribution is 7.93. The van der Waals surface area contributed by atoms with Gasteiger partial charge in [-0.2, -0.15) is 0 Å². The van der Waals surface area contributed by atoms with Gasteiger partial charge in [-0.1, -0.05) is 12.1 Å². The lowest BCUT2D eigenvalue weighted by molar-refractivity contribution is -0.117. The van der Waals surface area contributed by atoms with E-state index in [0.29, 0.717) is 28.9 Å². The number of hydrogen-bond acceptors (Lipinski definition) is 4. The van der Waals surface area contributed by atoms with Gasteiger partial charge in [0.2, 0.25) is 15.9 Å². The summed E-state index contributed by atoms with van der Waals surface area (Å²) in [4.78, 5) is 26.6. The van der Waals surface area contributed by atoms with Crippen molar-refractivity contribution in [3.05, 3.63) is 42.2 Å². The summed E-state index contributed by atoms with van der Waals surface area (Å²) in [5.41, 5.74) is 1.84. The molecule has 0 saturated carbocycles. The molecule has 10 heteroatoms. The van der Waals surface area contributed by atoms with E-state index in [2.05, 4.69) is 0 Å². The summed E-state index contributed by atoms with van der Waals surface area (Å²) in [6, 6.07) is 8.88. The van der Waals surface area contributed by atoms with Gasteiger partial charge in [0.1, 0.15) is 5.82 Å². The molecule has 1 atom stereocenters. The lowest BCUT2D eigenvalue weighted by atomic mass is 10.0. The van der Waals surface area contributed by atoms with E-state index in [1.807, 2.05) is 0 Å². The lowest BCUT2D eigenvalue weighted by Gasteiger charge is -2.39. The molecule has 164 valence electrons. The molecule has 2 aromatic rings. The van der Waals surface area contributed by atoms with E-state index in [1.54, 1.807) is 36.1 Å². The Labute approximate surface area is 179 Å². The van der Waals surface area contributed by atoms with Crippen LogP contribution in [0.4, 0.5) is 26.2 Å². The van der Waals surface area contributed by atoms with E-state index >= 15 is 0 Å². The standard InChI is InChI=1S/C21H22FN3O5S/c1-13-12-23(21(27)28)20-11-16(5-7-19(20)25(13)14(2)26)15-4-6-18(17(22)10-15)24-8-3-9-31(24,29)30/h4-7,10-11,13H,3,8-9,12H2,1-2H3,(H,27,28)/t13-/m0/s1. The van der Waals surface area contributed by atoms with Crippen LogP contribution < -0.4 is 14.1 Å². The maximum absolute atomic E-state index is 14.8. The number of amides is 2. The zero-order valence-electron chi connectivity index (χ0n) is 17.1. The van der Waals surface area contributed by atoms with Crippen LogP contribution in [0.25, 0.3) is 11.1 Å². The van der Waals surface area contributed by atoms with E-state index in [4.69, 9.17) is 0 Å². The molecule has 2 amide bonds. The molecule has 1 fully saturated rings. The number of carboxylic acid groups (broad SMARTS) is 1. The van der Waals surface area contributed by atoms with Crippen molar-refractivity contribution in [1.82, 2.24) is 0 Å². The number of carbonyl (C=O) groups excluding carboxylic acids is 1. The lowest BCUT2D eigenvalue weighted by Crippen LogP contribution is -2.51. The number of benzene rings is 2. The van der Waals surface area contributed by atoms with Crippen molar-refractivity contribution in [3.8, 4) is 11.1 Å². The number of halogens is 1. The smallest absolute Gasteiger partial charge is 0.411 e. The molecule has 0 spiro atoms. The highest BCUT2D eigenvalue weighted by Gasteiger charge is 2.34. The third kappa shape index (κ3) is 3.60. The Morgan fingerprint density at radius 2 is 1.71 bits per heavy atom. The fraction of sp³-hybridized carbons (Fsp3) is 0.333. The van der Waals surface area contributed by atoms with Gasteiger partial charge in [-0.05, 0) is 48.7 Å². The molecule has 2 aliphatic rings. The van der Waals surface area contributed by atoms with Crippen LogP contribution in [-0.4, -0.2) is 50.4 Å². The van der Waals surface area contributed by atoms with Crippen LogP contribution >= 0.6 is 0 Å². The van der Waals surface area contributed by atoms with E-state index in [9.17, 15) is 27.5 Å². The third-order valence-electron chi connectivity index (χ3n) is 5.63. The number of rotatable bonds is 2. The minimum atomic E-state index is -3.50. The first-order valence-electron chi connectivity index (χ1n) is 9.85. The summed E-state index contributed by atoms with van der Waals surface area (Å²) in [6.07, 6.45) is -0.695. The Bertz CT molecular complexity index is 1180. The Kier molecular flexibility index (Phi) is 5.12. The Balaban J connectivity index is 1.76. The summed E-state index contributed by atoms with van der Waals surface area (Å²) >= 11 is 0. The third-order valence-corrected chi connectivity index (χ3v) is 7.49. The molecule has 0 aliphatic carbocycles. The second-order valence-corrected chi connectivity index (χ2v) is 9.76. The van der Waals surface area contributed by atoms with Gasteiger partial charge in [0.25, 0.3) is 0 Å². The zero-order valence-corrected chi connectivity index (χ0v) is 17.9. The van der Waals surface area contributed by atoms with Crippen molar-refractivity contribution in [2.24, 2.45) is 0 Å². The van der Waals surface area contributed by atoms with Gasteiger partial charge in [0.15, 0.2) is 0 Å². The molecule has 8 nitrogen and oxygen atoms in total. The van der Waals surface area contributed by atoms with Gasteiger partial charge in [-0.15, -0.1) is 0 Å². The highest BCUT2D eigenvalue weighted by atomic mass is 32.2. The van der Waals surface area contributed by atoms with E-state index in [0.717, 1.165) is 4.31 Å². The SMILES string of the molecule is CC(=O)N1c2ccc(-c3ccc(N4CCCS4(=O)=O)c(F)c3)cc2N(C(=O)O)C[C@@H]1C. The van der Waals surface area contributed by atoms with Gasteiger partial charge in [-0.3, -0.25) is 14.0 Å². The van der Waals surface area contributed by atoms with Crippen molar-refractivity contribution in [1.29, 1.82) is 0 Å². The Morgan fingerprint density at radius 3 is 2.26 bits per heavy atom. The second-order valence-electron chi connectivity index (χ2n) is 7.74. The van der Waals surface area contributed by atoms with E-state index in [-0.39, 0.29) is 36.5 Å². The minimum Gasteiger partial charge on any atom is -0.465 e. The molecule has 1 N–H and O–H groups in total. The topological polar surface area (TPSA) is 98.2 Å². The number of carbonyl (C=O) groups is 2. The fourth-order valence-electron chi connectivity index (χ4n) is 4.26. The van der Waals surface area contributed by atoms with Crippen molar-refractivity contribution >= 4 is 39.1 Å². The van der Waals surface area contributed by atoms with Crippen LogP contribution in [0.5, 0.6) is 0 Å². The molecule has 0 unspecified atom stereocenters. The number of sulfonamides is 1. The molecule has 0 radical (unpaired) electrons. The predicted octanol–water partition coefficient (Wildman–Crippen LogP) is 3.27. The monoisotopic (exact) mass is 447 g/mol. The van der Waals surface area contributed by atoms with Gasteiger partial charge < -0.3 is 10.0 Å².